The fourth-order valence-corrected chi connectivity index (χ4v) is 4.28. The van der Waals surface area contributed by atoms with Crippen LogP contribution in [0.3, 0.4) is 0 Å². The van der Waals surface area contributed by atoms with Crippen molar-refractivity contribution in [3.05, 3.63) is 86.3 Å². The molecule has 7 nitrogen and oxygen atoms in total. The maximum atomic E-state index is 13.1. The molecule has 0 radical (unpaired) electrons. The Morgan fingerprint density at radius 1 is 1.03 bits per heavy atom. The molecule has 4 aromatic rings. The standard InChI is InChI=1S/C24H20BrCl2N5O2/c25-15-3-1-2-14(10-15)23(33)30-22-18-12-16(5-7-21(18)31-32-22)29-24(34)17(8-9-28)13-4-6-19(26)20(27)11-13/h1-7,10-12,17H,8-9,28H2,(H,29,34)(H2,30,31,32,33). The third-order valence-electron chi connectivity index (χ3n) is 5.27. The van der Waals surface area contributed by atoms with Gasteiger partial charge in [0.25, 0.3) is 5.91 Å². The van der Waals surface area contributed by atoms with E-state index in [9.17, 15) is 9.59 Å². The monoisotopic (exact) mass is 559 g/mol. The van der Waals surface area contributed by atoms with Crippen LogP contribution in [0.5, 0.6) is 0 Å². The first-order chi connectivity index (χ1) is 16.4. The van der Waals surface area contributed by atoms with Gasteiger partial charge in [-0.05, 0) is 67.1 Å². The van der Waals surface area contributed by atoms with Gasteiger partial charge in [-0.2, -0.15) is 5.10 Å². The fraction of sp³-hybridized carbons (Fsp3) is 0.125. The minimum absolute atomic E-state index is 0.230. The highest BCUT2D eigenvalue weighted by atomic mass is 79.9. The number of aromatic amines is 1. The largest absolute Gasteiger partial charge is 0.330 e. The van der Waals surface area contributed by atoms with Gasteiger partial charge in [-0.1, -0.05) is 51.3 Å². The van der Waals surface area contributed by atoms with Crippen LogP contribution in [-0.2, 0) is 4.79 Å². The number of anilines is 2. The maximum Gasteiger partial charge on any atom is 0.256 e. The summed E-state index contributed by atoms with van der Waals surface area (Å²) in [6.45, 7) is 0.324. The highest BCUT2D eigenvalue weighted by molar-refractivity contribution is 9.10. The van der Waals surface area contributed by atoms with Crippen LogP contribution in [0, 0.1) is 0 Å². The van der Waals surface area contributed by atoms with Crippen molar-refractivity contribution in [1.29, 1.82) is 0 Å². The molecular formula is C24H20BrCl2N5O2. The second-order valence-electron chi connectivity index (χ2n) is 7.59. The molecule has 1 aromatic heterocycles. The SMILES string of the molecule is NCCC(C(=O)Nc1ccc2[nH]nc(NC(=O)c3cccc(Br)c3)c2c1)c1ccc(Cl)c(Cl)c1. The van der Waals surface area contributed by atoms with Gasteiger partial charge in [-0.25, -0.2) is 0 Å². The predicted molar refractivity (Wildman–Crippen MR) is 140 cm³/mol. The summed E-state index contributed by atoms with van der Waals surface area (Å²) < 4.78 is 0.797. The Labute approximate surface area is 214 Å². The number of halogens is 3. The minimum atomic E-state index is -0.504. The van der Waals surface area contributed by atoms with Crippen molar-refractivity contribution in [3.63, 3.8) is 0 Å². The fourth-order valence-electron chi connectivity index (χ4n) is 3.57. The summed E-state index contributed by atoms with van der Waals surface area (Å²) in [4.78, 5) is 25.8. The highest BCUT2D eigenvalue weighted by Crippen LogP contribution is 2.30. The first-order valence-electron chi connectivity index (χ1n) is 10.4. The molecule has 3 aromatic carbocycles. The van der Waals surface area contributed by atoms with Gasteiger partial charge in [-0.15, -0.1) is 0 Å². The van der Waals surface area contributed by atoms with Crippen LogP contribution in [0.4, 0.5) is 11.5 Å². The molecule has 4 rings (SSSR count). The molecule has 1 heterocycles. The molecule has 2 amide bonds. The number of amides is 2. The first kappa shape index (κ1) is 24.2. The van der Waals surface area contributed by atoms with Gasteiger partial charge in [0.2, 0.25) is 5.91 Å². The Bertz CT molecular complexity index is 1370. The van der Waals surface area contributed by atoms with Crippen molar-refractivity contribution in [2.45, 2.75) is 12.3 Å². The number of benzene rings is 3. The van der Waals surface area contributed by atoms with Crippen LogP contribution in [0.1, 0.15) is 28.3 Å². The van der Waals surface area contributed by atoms with Crippen molar-refractivity contribution in [2.75, 3.05) is 17.2 Å². The summed E-state index contributed by atoms with van der Waals surface area (Å²) in [6.07, 6.45) is 0.436. The Balaban J connectivity index is 1.56. The van der Waals surface area contributed by atoms with Crippen LogP contribution >= 0.6 is 39.1 Å². The van der Waals surface area contributed by atoms with E-state index in [2.05, 4.69) is 36.8 Å². The van der Waals surface area contributed by atoms with Crippen molar-refractivity contribution < 1.29 is 9.59 Å². The molecule has 1 unspecified atom stereocenters. The number of carbonyl (C=O) groups is 2. The van der Waals surface area contributed by atoms with Gasteiger partial charge in [-0.3, -0.25) is 14.7 Å². The van der Waals surface area contributed by atoms with Crippen LogP contribution in [0.15, 0.2) is 65.1 Å². The lowest BCUT2D eigenvalue weighted by atomic mass is 9.94. The van der Waals surface area contributed by atoms with Crippen molar-refractivity contribution in [2.24, 2.45) is 5.73 Å². The molecule has 1 atom stereocenters. The number of hydrogen-bond acceptors (Lipinski definition) is 4. The van der Waals surface area contributed by atoms with Crippen LogP contribution in [-0.4, -0.2) is 28.6 Å². The summed E-state index contributed by atoms with van der Waals surface area (Å²) in [6, 6.07) is 17.4. The number of nitrogens with two attached hydrogens (primary N) is 1. The van der Waals surface area contributed by atoms with Crippen LogP contribution in [0.2, 0.25) is 10.0 Å². The zero-order valence-corrected chi connectivity index (χ0v) is 20.8. The zero-order chi connectivity index (χ0) is 24.2. The van der Waals surface area contributed by atoms with E-state index in [1.165, 1.54) is 0 Å². The third kappa shape index (κ3) is 5.42. The maximum absolute atomic E-state index is 13.1. The quantitative estimate of drug-likeness (QED) is 0.223. The number of nitrogens with zero attached hydrogens (tertiary/aromatic N) is 1. The Morgan fingerprint density at radius 2 is 1.85 bits per heavy atom. The Hall–Kier alpha value is -2.91. The number of rotatable bonds is 7. The van der Waals surface area contributed by atoms with Gasteiger partial charge in [0.05, 0.1) is 21.5 Å². The second kappa shape index (κ2) is 10.6. The van der Waals surface area contributed by atoms with E-state index < -0.39 is 5.92 Å². The van der Waals surface area contributed by atoms with Crippen LogP contribution < -0.4 is 16.4 Å². The number of H-pyrrole nitrogens is 1. The van der Waals surface area contributed by atoms with Gasteiger partial charge in [0, 0.05) is 21.1 Å². The molecule has 174 valence electrons. The lowest BCUT2D eigenvalue weighted by Crippen LogP contribution is -2.23. The Morgan fingerprint density at radius 3 is 2.59 bits per heavy atom. The van der Waals surface area contributed by atoms with Crippen molar-refractivity contribution >= 4 is 73.4 Å². The number of fused-ring (bicyclic) bond motifs is 1. The van der Waals surface area contributed by atoms with Gasteiger partial charge in [0.15, 0.2) is 5.82 Å². The normalized spacial score (nSPS) is 11.9. The molecule has 0 saturated carbocycles. The van der Waals surface area contributed by atoms with Crippen LogP contribution in [0.25, 0.3) is 10.9 Å². The highest BCUT2D eigenvalue weighted by Gasteiger charge is 2.21. The molecule has 0 aliphatic rings. The van der Waals surface area contributed by atoms with Crippen molar-refractivity contribution in [3.8, 4) is 0 Å². The third-order valence-corrected chi connectivity index (χ3v) is 6.50. The molecule has 10 heteroatoms. The van der Waals surface area contributed by atoms with Gasteiger partial charge in [0.1, 0.15) is 0 Å². The van der Waals surface area contributed by atoms with Gasteiger partial charge >= 0.3 is 0 Å². The topological polar surface area (TPSA) is 113 Å². The summed E-state index contributed by atoms with van der Waals surface area (Å²) in [5.74, 6) is -0.673. The lowest BCUT2D eigenvalue weighted by molar-refractivity contribution is -0.117. The molecule has 0 fully saturated rings. The number of aromatic nitrogens is 2. The van der Waals surface area contributed by atoms with E-state index in [0.717, 1.165) is 10.0 Å². The van der Waals surface area contributed by atoms with E-state index >= 15 is 0 Å². The lowest BCUT2D eigenvalue weighted by Gasteiger charge is -2.17. The second-order valence-corrected chi connectivity index (χ2v) is 9.32. The van der Waals surface area contributed by atoms with E-state index in [4.69, 9.17) is 28.9 Å². The molecule has 0 bridgehead atoms. The Kier molecular flexibility index (Phi) is 7.53. The minimum Gasteiger partial charge on any atom is -0.330 e. The number of nitrogens with one attached hydrogen (secondary N) is 3. The predicted octanol–water partition coefficient (Wildman–Crippen LogP) is 5.96. The van der Waals surface area contributed by atoms with E-state index in [1.807, 2.05) is 6.07 Å². The average Bonchev–Trinajstić information content (AvgIpc) is 3.21. The smallest absolute Gasteiger partial charge is 0.256 e. The molecule has 0 aliphatic carbocycles. The molecule has 0 aliphatic heterocycles. The molecule has 0 spiro atoms. The zero-order valence-electron chi connectivity index (χ0n) is 17.7. The first-order valence-corrected chi connectivity index (χ1v) is 11.9. The molecule has 34 heavy (non-hydrogen) atoms. The van der Waals surface area contributed by atoms with E-state index in [-0.39, 0.29) is 11.8 Å². The van der Waals surface area contributed by atoms with E-state index in [1.54, 1.807) is 54.6 Å². The molecule has 5 N–H and O–H groups in total. The number of carbonyl (C=O) groups excluding carboxylic acids is 2. The van der Waals surface area contributed by atoms with E-state index in [0.29, 0.717) is 51.0 Å². The van der Waals surface area contributed by atoms with Gasteiger partial charge < -0.3 is 16.4 Å². The summed E-state index contributed by atoms with van der Waals surface area (Å²) in [5, 5.41) is 14.3. The molecular weight excluding hydrogens is 541 g/mol. The van der Waals surface area contributed by atoms with Crippen molar-refractivity contribution in [1.82, 2.24) is 10.2 Å². The molecule has 0 saturated heterocycles. The summed E-state index contributed by atoms with van der Waals surface area (Å²) >= 11 is 15.5. The number of hydrogen-bond donors (Lipinski definition) is 4. The summed E-state index contributed by atoms with van der Waals surface area (Å²) in [7, 11) is 0. The summed E-state index contributed by atoms with van der Waals surface area (Å²) in [5.41, 5.74) is 8.24. The average molecular weight is 561 g/mol.